The van der Waals surface area contributed by atoms with Crippen molar-refractivity contribution in [3.8, 4) is 0 Å². The number of nitrogens with zero attached hydrogens (tertiary/aromatic N) is 7. The Hall–Kier alpha value is -2.50. The fraction of sp³-hybridized carbons (Fsp3) is 0.500. The predicted molar refractivity (Wildman–Crippen MR) is 70.8 cm³/mol. The minimum atomic E-state index is -1.99. The zero-order valence-corrected chi connectivity index (χ0v) is 11.1. The summed E-state index contributed by atoms with van der Waals surface area (Å²) in [6.07, 6.45) is -1.78. The monoisotopic (exact) mass is 308 g/mol. The number of aliphatic hydroxyl groups excluding tert-OH is 3. The van der Waals surface area contributed by atoms with Gasteiger partial charge in [0.15, 0.2) is 17.7 Å². The maximum Gasteiger partial charge on any atom is 0.200 e. The fourth-order valence-electron chi connectivity index (χ4n) is 2.37. The van der Waals surface area contributed by atoms with E-state index in [2.05, 4.69) is 25.0 Å². The lowest BCUT2D eigenvalue weighted by Gasteiger charge is -2.23. The van der Waals surface area contributed by atoms with E-state index in [1.165, 1.54) is 17.2 Å². The van der Waals surface area contributed by atoms with Crippen LogP contribution in [0.2, 0.25) is 0 Å². The van der Waals surface area contributed by atoms with Gasteiger partial charge in [-0.15, -0.1) is 0 Å². The number of aromatic nitrogens is 4. The molecule has 0 amide bonds. The number of nitrogens with two attached hydrogens (primary N) is 1. The Balaban J connectivity index is 2.08. The number of nitrogen functional groups attached to an aromatic ring is 1. The maximum atomic E-state index is 10.2. The number of hydrogen-bond acceptors (Lipinski definition) is 9. The first kappa shape index (κ1) is 14.4. The lowest BCUT2D eigenvalue weighted by atomic mass is 10.1. The van der Waals surface area contributed by atoms with Gasteiger partial charge in [-0.05, 0) is 5.53 Å². The summed E-state index contributed by atoms with van der Waals surface area (Å²) < 4.78 is 6.72. The second-order valence-electron chi connectivity index (χ2n) is 4.72. The zero-order chi connectivity index (χ0) is 15.9. The largest absolute Gasteiger partial charge is 0.393 e. The summed E-state index contributed by atoms with van der Waals surface area (Å²) in [5.74, 6) is 0.139. The molecule has 1 saturated heterocycles. The minimum Gasteiger partial charge on any atom is -0.393 e. The van der Waals surface area contributed by atoms with Gasteiger partial charge < -0.3 is 25.8 Å². The highest BCUT2D eigenvalue weighted by atomic mass is 16.6. The van der Waals surface area contributed by atoms with E-state index in [1.54, 1.807) is 0 Å². The van der Waals surface area contributed by atoms with Crippen molar-refractivity contribution < 1.29 is 20.1 Å². The Morgan fingerprint density at radius 3 is 2.91 bits per heavy atom. The molecule has 2 aromatic rings. The molecule has 3 heterocycles. The van der Waals surface area contributed by atoms with Gasteiger partial charge in [0.2, 0.25) is 5.72 Å². The molecule has 0 radical (unpaired) electrons. The van der Waals surface area contributed by atoms with Crippen LogP contribution in [0.4, 0.5) is 5.82 Å². The van der Waals surface area contributed by atoms with Gasteiger partial charge in [0, 0.05) is 4.91 Å². The van der Waals surface area contributed by atoms with Crippen LogP contribution in [0.1, 0.15) is 6.23 Å². The minimum absolute atomic E-state index is 0.139. The first-order valence-electron chi connectivity index (χ1n) is 6.18. The molecule has 1 fully saturated rings. The van der Waals surface area contributed by atoms with Crippen LogP contribution in [0.5, 0.6) is 0 Å². The highest BCUT2D eigenvalue weighted by Gasteiger charge is 2.55. The van der Waals surface area contributed by atoms with Crippen molar-refractivity contribution in [2.24, 2.45) is 5.11 Å². The molecule has 0 aliphatic carbocycles. The highest BCUT2D eigenvalue weighted by molar-refractivity contribution is 5.81. The van der Waals surface area contributed by atoms with E-state index in [1.807, 2.05) is 0 Å². The van der Waals surface area contributed by atoms with Gasteiger partial charge in [0.1, 0.15) is 24.1 Å². The summed E-state index contributed by atoms with van der Waals surface area (Å²) >= 11 is 0. The molecule has 3 rings (SSSR count). The number of azide groups is 1. The van der Waals surface area contributed by atoms with Gasteiger partial charge in [-0.1, -0.05) is 5.11 Å². The zero-order valence-electron chi connectivity index (χ0n) is 11.1. The van der Waals surface area contributed by atoms with Crippen molar-refractivity contribution >= 4 is 17.0 Å². The van der Waals surface area contributed by atoms with Gasteiger partial charge >= 0.3 is 0 Å². The van der Waals surface area contributed by atoms with Crippen molar-refractivity contribution in [2.45, 2.75) is 24.2 Å². The Labute approximate surface area is 122 Å². The van der Waals surface area contributed by atoms with E-state index in [0.717, 1.165) is 0 Å². The quantitative estimate of drug-likeness (QED) is 0.304. The predicted octanol–water partition coefficient (Wildman–Crippen LogP) is -1.34. The Bertz CT molecular complexity index is 758. The molecule has 4 atom stereocenters. The summed E-state index contributed by atoms with van der Waals surface area (Å²) in [5.41, 5.74) is 12.8. The smallest absolute Gasteiger partial charge is 0.200 e. The summed E-state index contributed by atoms with van der Waals surface area (Å²) in [7, 11) is 0. The standard InChI is InChI=1S/C10H12N8O4/c11-7-4-8(14-2-13-7)18(3-15-4)9-5(20)6(21)10(1-19,22-9)16-17-12/h2-3,5-6,9,19-21H,1H2,(H2,11,13,14)/t5-,6+,9?,10-/m1/s1. The van der Waals surface area contributed by atoms with Crippen LogP contribution in [0.3, 0.4) is 0 Å². The molecule has 12 nitrogen and oxygen atoms in total. The fourth-order valence-corrected chi connectivity index (χ4v) is 2.37. The topological polar surface area (TPSA) is 188 Å². The number of imidazole rings is 1. The van der Waals surface area contributed by atoms with E-state index >= 15 is 0 Å². The van der Waals surface area contributed by atoms with Crippen LogP contribution in [0.25, 0.3) is 21.6 Å². The molecule has 12 heteroatoms. The Morgan fingerprint density at radius 2 is 2.23 bits per heavy atom. The average Bonchev–Trinajstić information content (AvgIpc) is 3.04. The maximum absolute atomic E-state index is 10.2. The first-order valence-corrected chi connectivity index (χ1v) is 6.18. The third-order valence-corrected chi connectivity index (χ3v) is 3.50. The van der Waals surface area contributed by atoms with Gasteiger partial charge in [0.05, 0.1) is 12.9 Å². The summed E-state index contributed by atoms with van der Waals surface area (Å²) in [6.45, 7) is -0.810. The Morgan fingerprint density at radius 1 is 1.45 bits per heavy atom. The highest BCUT2D eigenvalue weighted by Crippen LogP contribution is 2.39. The van der Waals surface area contributed by atoms with E-state index in [0.29, 0.717) is 0 Å². The second-order valence-corrected chi connectivity index (χ2v) is 4.72. The van der Waals surface area contributed by atoms with Crippen LogP contribution in [-0.2, 0) is 4.74 Å². The summed E-state index contributed by atoms with van der Waals surface area (Å²) in [5, 5.41) is 32.8. The number of fused-ring (bicyclic) bond motifs is 1. The molecule has 5 N–H and O–H groups in total. The first-order chi connectivity index (χ1) is 10.5. The molecule has 0 aromatic carbocycles. The van der Waals surface area contributed by atoms with Crippen molar-refractivity contribution in [2.75, 3.05) is 12.3 Å². The third-order valence-electron chi connectivity index (χ3n) is 3.50. The number of anilines is 1. The summed E-state index contributed by atoms with van der Waals surface area (Å²) in [4.78, 5) is 14.3. The molecule has 116 valence electrons. The molecule has 1 unspecified atom stereocenters. The third kappa shape index (κ3) is 1.87. The normalized spacial score (nSPS) is 31.3. The number of aliphatic hydroxyl groups is 3. The number of hydrogen-bond donors (Lipinski definition) is 4. The lowest BCUT2D eigenvalue weighted by Crippen LogP contribution is -2.44. The van der Waals surface area contributed by atoms with Crippen molar-refractivity contribution in [1.82, 2.24) is 19.5 Å². The van der Waals surface area contributed by atoms with Crippen molar-refractivity contribution in [3.05, 3.63) is 23.1 Å². The molecule has 2 aromatic heterocycles. The Kier molecular flexibility index (Phi) is 3.31. The van der Waals surface area contributed by atoms with Crippen LogP contribution in [-0.4, -0.2) is 59.4 Å². The van der Waals surface area contributed by atoms with Crippen LogP contribution in [0.15, 0.2) is 17.8 Å². The average molecular weight is 308 g/mol. The van der Waals surface area contributed by atoms with Gasteiger partial charge in [0.25, 0.3) is 0 Å². The molecule has 1 aliphatic heterocycles. The summed E-state index contributed by atoms with van der Waals surface area (Å²) in [6, 6.07) is 0. The van der Waals surface area contributed by atoms with Gasteiger partial charge in [-0.2, -0.15) is 0 Å². The molecule has 0 bridgehead atoms. The molecule has 1 aliphatic rings. The van der Waals surface area contributed by atoms with Crippen LogP contribution in [0, 0.1) is 0 Å². The van der Waals surface area contributed by atoms with E-state index in [4.69, 9.17) is 16.0 Å². The number of rotatable bonds is 3. The van der Waals surface area contributed by atoms with E-state index in [-0.39, 0.29) is 17.0 Å². The SMILES string of the molecule is [N-]=[N+]=N[C@]1(CO)OC(n2cnc3c(N)ncnc32)[C@H](O)[C@@H]1O. The lowest BCUT2D eigenvalue weighted by molar-refractivity contribution is -0.123. The van der Waals surface area contributed by atoms with E-state index in [9.17, 15) is 15.3 Å². The second kappa shape index (κ2) is 5.05. The van der Waals surface area contributed by atoms with Crippen molar-refractivity contribution in [1.29, 1.82) is 0 Å². The van der Waals surface area contributed by atoms with Crippen LogP contribution < -0.4 is 5.73 Å². The van der Waals surface area contributed by atoms with Gasteiger partial charge in [-0.3, -0.25) is 4.57 Å². The molecular formula is C10H12N8O4. The van der Waals surface area contributed by atoms with Crippen molar-refractivity contribution in [3.63, 3.8) is 0 Å². The van der Waals surface area contributed by atoms with Crippen LogP contribution >= 0.6 is 0 Å². The molecule has 0 spiro atoms. The molecule has 0 saturated carbocycles. The van der Waals surface area contributed by atoms with E-state index < -0.39 is 30.8 Å². The molecule has 22 heavy (non-hydrogen) atoms. The molecular weight excluding hydrogens is 296 g/mol. The van der Waals surface area contributed by atoms with Gasteiger partial charge in [-0.25, -0.2) is 15.0 Å². The number of ether oxygens (including phenoxy) is 1.